The topological polar surface area (TPSA) is 83.3 Å². The van der Waals surface area contributed by atoms with Gasteiger partial charge in [0, 0.05) is 25.3 Å². The Balaban J connectivity index is 1.85. The van der Waals surface area contributed by atoms with Crippen molar-refractivity contribution in [2.75, 3.05) is 41.6 Å². The van der Waals surface area contributed by atoms with Gasteiger partial charge in [0.1, 0.15) is 5.69 Å². The molecule has 0 aliphatic heterocycles. The van der Waals surface area contributed by atoms with Crippen molar-refractivity contribution in [1.29, 1.82) is 0 Å². The van der Waals surface area contributed by atoms with Crippen LogP contribution in [-0.4, -0.2) is 57.6 Å². The van der Waals surface area contributed by atoms with Crippen molar-refractivity contribution in [2.24, 2.45) is 0 Å². The van der Waals surface area contributed by atoms with Crippen LogP contribution in [0, 0.1) is 0 Å². The van der Waals surface area contributed by atoms with Gasteiger partial charge in [-0.2, -0.15) is 0 Å². The zero-order chi connectivity index (χ0) is 21.5. The van der Waals surface area contributed by atoms with E-state index in [1.165, 1.54) is 11.3 Å². The lowest BCUT2D eigenvalue weighted by Gasteiger charge is -2.20. The SMILES string of the molecule is COCCN(Cc1cc(-c2cc(OC)c(OC)c(OC)c2)on1)C(=O)c1cccs1. The molecule has 0 fully saturated rings. The molecular weight excluding hydrogens is 408 g/mol. The van der Waals surface area contributed by atoms with Crippen LogP contribution in [0.4, 0.5) is 0 Å². The molecule has 8 nitrogen and oxygen atoms in total. The van der Waals surface area contributed by atoms with Crippen LogP contribution in [0.2, 0.25) is 0 Å². The Morgan fingerprint density at radius 3 is 2.40 bits per heavy atom. The van der Waals surface area contributed by atoms with E-state index in [9.17, 15) is 4.79 Å². The van der Waals surface area contributed by atoms with Gasteiger partial charge in [0.2, 0.25) is 5.75 Å². The molecule has 1 amide bonds. The number of ether oxygens (including phenoxy) is 4. The fourth-order valence-corrected chi connectivity index (χ4v) is 3.64. The minimum atomic E-state index is -0.0700. The van der Waals surface area contributed by atoms with Gasteiger partial charge < -0.3 is 28.4 Å². The first-order valence-electron chi connectivity index (χ1n) is 9.19. The second-order valence-electron chi connectivity index (χ2n) is 6.29. The number of thiophene rings is 1. The monoisotopic (exact) mass is 432 g/mol. The van der Waals surface area contributed by atoms with E-state index in [0.717, 1.165) is 5.56 Å². The predicted molar refractivity (Wildman–Crippen MR) is 113 cm³/mol. The van der Waals surface area contributed by atoms with Gasteiger partial charge >= 0.3 is 0 Å². The Morgan fingerprint density at radius 2 is 1.83 bits per heavy atom. The van der Waals surface area contributed by atoms with Crippen molar-refractivity contribution in [3.63, 3.8) is 0 Å². The Morgan fingerprint density at radius 1 is 1.10 bits per heavy atom. The van der Waals surface area contributed by atoms with Crippen molar-refractivity contribution < 1.29 is 28.3 Å². The first kappa shape index (κ1) is 21.7. The summed E-state index contributed by atoms with van der Waals surface area (Å²) in [5, 5.41) is 6.01. The van der Waals surface area contributed by atoms with Gasteiger partial charge in [0.25, 0.3) is 5.91 Å². The summed E-state index contributed by atoms with van der Waals surface area (Å²) in [4.78, 5) is 15.2. The average molecular weight is 432 g/mol. The van der Waals surface area contributed by atoms with Crippen LogP contribution in [0.1, 0.15) is 15.4 Å². The summed E-state index contributed by atoms with van der Waals surface area (Å²) in [6.45, 7) is 1.17. The number of carbonyl (C=O) groups is 1. The third-order valence-electron chi connectivity index (χ3n) is 4.45. The molecule has 0 aliphatic rings. The molecule has 30 heavy (non-hydrogen) atoms. The third kappa shape index (κ3) is 4.74. The predicted octanol–water partition coefficient (Wildman–Crippen LogP) is 3.72. The number of benzene rings is 1. The summed E-state index contributed by atoms with van der Waals surface area (Å²) in [5.74, 6) is 1.98. The first-order valence-corrected chi connectivity index (χ1v) is 10.1. The Hall–Kier alpha value is -3.04. The third-order valence-corrected chi connectivity index (χ3v) is 5.30. The lowest BCUT2D eigenvalue weighted by atomic mass is 10.1. The largest absolute Gasteiger partial charge is 0.493 e. The van der Waals surface area contributed by atoms with Crippen LogP contribution in [0.25, 0.3) is 11.3 Å². The molecule has 0 saturated heterocycles. The highest BCUT2D eigenvalue weighted by molar-refractivity contribution is 7.12. The Kier molecular flexibility index (Phi) is 7.31. The number of hydrogen-bond acceptors (Lipinski definition) is 8. The molecule has 0 bridgehead atoms. The molecule has 0 spiro atoms. The van der Waals surface area contributed by atoms with Gasteiger partial charge in [-0.05, 0) is 23.6 Å². The van der Waals surface area contributed by atoms with Crippen LogP contribution in [0.15, 0.2) is 40.2 Å². The van der Waals surface area contributed by atoms with E-state index in [-0.39, 0.29) is 5.91 Å². The lowest BCUT2D eigenvalue weighted by molar-refractivity contribution is 0.0681. The molecule has 2 heterocycles. The fourth-order valence-electron chi connectivity index (χ4n) is 2.95. The number of nitrogens with zero attached hydrogens (tertiary/aromatic N) is 2. The zero-order valence-corrected chi connectivity index (χ0v) is 18.2. The smallest absolute Gasteiger partial charge is 0.264 e. The maximum absolute atomic E-state index is 12.8. The summed E-state index contributed by atoms with van der Waals surface area (Å²) >= 11 is 1.40. The molecule has 9 heteroatoms. The number of hydrogen-bond donors (Lipinski definition) is 0. The van der Waals surface area contributed by atoms with Crippen molar-refractivity contribution in [1.82, 2.24) is 10.1 Å². The molecule has 0 N–H and O–H groups in total. The highest BCUT2D eigenvalue weighted by atomic mass is 32.1. The molecule has 160 valence electrons. The van der Waals surface area contributed by atoms with E-state index in [4.69, 9.17) is 23.5 Å². The molecule has 0 saturated carbocycles. The maximum Gasteiger partial charge on any atom is 0.264 e. The maximum atomic E-state index is 12.8. The van der Waals surface area contributed by atoms with Gasteiger partial charge in [-0.1, -0.05) is 11.2 Å². The van der Waals surface area contributed by atoms with Crippen molar-refractivity contribution in [3.05, 3.63) is 46.3 Å². The van der Waals surface area contributed by atoms with Gasteiger partial charge in [0.15, 0.2) is 17.3 Å². The van der Waals surface area contributed by atoms with Crippen molar-refractivity contribution in [2.45, 2.75) is 6.54 Å². The van der Waals surface area contributed by atoms with Gasteiger partial charge in [-0.3, -0.25) is 4.79 Å². The second kappa shape index (κ2) is 10.1. The van der Waals surface area contributed by atoms with Crippen molar-refractivity contribution in [3.8, 4) is 28.6 Å². The summed E-state index contributed by atoms with van der Waals surface area (Å²) in [6.07, 6.45) is 0. The van der Waals surface area contributed by atoms with Crippen LogP contribution in [-0.2, 0) is 11.3 Å². The van der Waals surface area contributed by atoms with Crippen LogP contribution < -0.4 is 14.2 Å². The molecule has 1 aromatic carbocycles. The van der Waals surface area contributed by atoms with Crippen LogP contribution in [0.5, 0.6) is 17.2 Å². The number of rotatable bonds is 10. The van der Waals surface area contributed by atoms with E-state index >= 15 is 0 Å². The van der Waals surface area contributed by atoms with Crippen molar-refractivity contribution >= 4 is 17.2 Å². The van der Waals surface area contributed by atoms with Gasteiger partial charge in [0.05, 0.1) is 39.4 Å². The molecule has 3 aromatic rings. The highest BCUT2D eigenvalue weighted by Crippen LogP contribution is 2.41. The summed E-state index contributed by atoms with van der Waals surface area (Å²) in [6, 6.07) is 9.01. The molecule has 0 aliphatic carbocycles. The highest BCUT2D eigenvalue weighted by Gasteiger charge is 2.20. The van der Waals surface area contributed by atoms with E-state index in [1.807, 2.05) is 11.4 Å². The number of methoxy groups -OCH3 is 4. The molecule has 0 atom stereocenters. The molecule has 2 aromatic heterocycles. The zero-order valence-electron chi connectivity index (χ0n) is 17.3. The van der Waals surface area contributed by atoms with E-state index in [1.54, 1.807) is 57.6 Å². The quantitative estimate of drug-likeness (QED) is 0.483. The number of carbonyl (C=O) groups excluding carboxylic acids is 1. The van der Waals surface area contributed by atoms with Crippen LogP contribution >= 0.6 is 11.3 Å². The molecule has 0 unspecified atom stereocenters. The minimum Gasteiger partial charge on any atom is -0.493 e. The minimum absolute atomic E-state index is 0.0700. The van der Waals surface area contributed by atoms with Gasteiger partial charge in [-0.25, -0.2) is 0 Å². The van der Waals surface area contributed by atoms with E-state index in [2.05, 4.69) is 5.16 Å². The summed E-state index contributed by atoms with van der Waals surface area (Å²) in [5.41, 5.74) is 1.34. The number of aromatic nitrogens is 1. The normalized spacial score (nSPS) is 10.7. The van der Waals surface area contributed by atoms with Crippen LogP contribution in [0.3, 0.4) is 0 Å². The molecular formula is C21H24N2O6S. The fraction of sp³-hybridized carbons (Fsp3) is 0.333. The summed E-state index contributed by atoms with van der Waals surface area (Å²) < 4.78 is 26.8. The Labute approximate surface area is 178 Å². The first-order chi connectivity index (χ1) is 14.6. The van der Waals surface area contributed by atoms with E-state index in [0.29, 0.717) is 53.3 Å². The number of amides is 1. The Bertz CT molecular complexity index is 945. The van der Waals surface area contributed by atoms with Gasteiger partial charge in [-0.15, -0.1) is 11.3 Å². The van der Waals surface area contributed by atoms with E-state index < -0.39 is 0 Å². The molecule has 3 rings (SSSR count). The standard InChI is InChI=1S/C21H24N2O6S/c1-25-8-7-23(21(24)19-6-5-9-30-19)13-15-12-16(29-22-15)14-10-17(26-2)20(28-4)18(11-14)27-3/h5-6,9-12H,7-8,13H2,1-4H3. The summed E-state index contributed by atoms with van der Waals surface area (Å²) in [7, 11) is 6.26. The average Bonchev–Trinajstić information content (AvgIpc) is 3.47. The second-order valence-corrected chi connectivity index (χ2v) is 7.24. The lowest BCUT2D eigenvalue weighted by Crippen LogP contribution is -2.33. The molecule has 0 radical (unpaired) electrons.